The number of nitrogens with zero attached hydrogens (tertiary/aromatic N) is 1. The lowest BCUT2D eigenvalue weighted by atomic mass is 10.4. The zero-order chi connectivity index (χ0) is 7.84. The number of nitrogens with one attached hydrogen (secondary N) is 1. The van der Waals surface area contributed by atoms with E-state index in [1.54, 1.807) is 16.8 Å². The minimum Gasteiger partial charge on any atom is -0.392 e. The van der Waals surface area contributed by atoms with Gasteiger partial charge in [0.15, 0.2) is 0 Å². The van der Waals surface area contributed by atoms with Crippen molar-refractivity contribution >= 4 is 23.6 Å². The van der Waals surface area contributed by atoms with E-state index in [1.165, 1.54) is 0 Å². The van der Waals surface area contributed by atoms with Crippen molar-refractivity contribution in [3.63, 3.8) is 0 Å². The van der Waals surface area contributed by atoms with Crippen molar-refractivity contribution in [3.05, 3.63) is 34.7 Å². The van der Waals surface area contributed by atoms with Crippen molar-refractivity contribution in [1.82, 2.24) is 9.61 Å². The number of rotatable bonds is 0. The van der Waals surface area contributed by atoms with E-state index < -0.39 is 0 Å². The summed E-state index contributed by atoms with van der Waals surface area (Å²) in [5, 5.41) is 2.56. The Bertz CT molecular complexity index is 445. The lowest BCUT2D eigenvalue weighted by Gasteiger charge is -1.89. The molecule has 0 aliphatic rings. The van der Waals surface area contributed by atoms with Crippen LogP contribution in [0.4, 0.5) is 5.69 Å². The summed E-state index contributed by atoms with van der Waals surface area (Å²) in [6.45, 7) is 0. The fourth-order valence-corrected chi connectivity index (χ4v) is 1.05. The van der Waals surface area contributed by atoms with Gasteiger partial charge in [-0.05, 0) is 12.1 Å². The lowest BCUT2D eigenvalue weighted by Crippen LogP contribution is -2.04. The summed E-state index contributed by atoms with van der Waals surface area (Å²) in [7, 11) is 0. The van der Waals surface area contributed by atoms with Gasteiger partial charge in [-0.2, -0.15) is 0 Å². The van der Waals surface area contributed by atoms with Gasteiger partial charge in [0, 0.05) is 6.20 Å². The highest BCUT2D eigenvalue weighted by Crippen LogP contribution is 2.05. The Hall–Kier alpha value is -1.42. The summed E-state index contributed by atoms with van der Waals surface area (Å²) in [5.74, 6) is 0. The average Bonchev–Trinajstić information content (AvgIpc) is 2.30. The topological polar surface area (TPSA) is 63.3 Å². The molecule has 64 valence electrons. The number of anilines is 1. The number of nitrogen functional groups attached to an aromatic ring is 1. The summed E-state index contributed by atoms with van der Waals surface area (Å²) in [4.78, 5) is 10.9. The molecule has 2 aromatic rings. The largest absolute Gasteiger partial charge is 0.392 e. The first-order chi connectivity index (χ1) is 5.29. The van der Waals surface area contributed by atoms with E-state index in [2.05, 4.69) is 5.10 Å². The van der Waals surface area contributed by atoms with Gasteiger partial charge in [0.2, 0.25) is 0 Å². The summed E-state index contributed by atoms with van der Waals surface area (Å²) in [6.07, 6.45) is 1.74. The van der Waals surface area contributed by atoms with Gasteiger partial charge >= 0.3 is 0 Å². The van der Waals surface area contributed by atoms with E-state index in [1.807, 2.05) is 12.1 Å². The van der Waals surface area contributed by atoms with Crippen LogP contribution in [-0.2, 0) is 0 Å². The molecule has 5 heteroatoms. The number of fused-ring (bicyclic) bond motifs is 1. The molecule has 2 rings (SSSR count). The third-order valence-corrected chi connectivity index (χ3v) is 1.60. The molecule has 0 aliphatic heterocycles. The number of pyridine rings is 1. The Morgan fingerprint density at radius 2 is 2.17 bits per heavy atom. The second-order valence-corrected chi connectivity index (χ2v) is 2.31. The van der Waals surface area contributed by atoms with Crippen LogP contribution in [0.2, 0.25) is 0 Å². The van der Waals surface area contributed by atoms with Crippen LogP contribution in [0.25, 0.3) is 5.52 Å². The average molecular weight is 186 g/mol. The van der Waals surface area contributed by atoms with Crippen LogP contribution in [0.15, 0.2) is 29.2 Å². The fraction of sp³-hybridized carbons (Fsp3) is 0. The molecule has 0 atom stereocenters. The normalized spacial score (nSPS) is 9.67. The molecular weight excluding hydrogens is 178 g/mol. The number of hydrogen-bond donors (Lipinski definition) is 2. The van der Waals surface area contributed by atoms with Gasteiger partial charge in [0.05, 0.1) is 5.52 Å². The molecule has 0 amide bonds. The molecule has 0 saturated carbocycles. The van der Waals surface area contributed by atoms with E-state index in [4.69, 9.17) is 5.73 Å². The Kier molecular flexibility index (Phi) is 2.10. The van der Waals surface area contributed by atoms with Crippen molar-refractivity contribution in [2.24, 2.45) is 0 Å². The first-order valence-corrected chi connectivity index (χ1v) is 3.24. The van der Waals surface area contributed by atoms with E-state index >= 15 is 0 Å². The Labute approximate surface area is 74.4 Å². The van der Waals surface area contributed by atoms with Gasteiger partial charge in [-0.25, -0.2) is 0 Å². The highest BCUT2D eigenvalue weighted by molar-refractivity contribution is 5.85. The first kappa shape index (κ1) is 8.67. The second kappa shape index (κ2) is 2.91. The maximum absolute atomic E-state index is 10.9. The molecule has 0 unspecified atom stereocenters. The van der Waals surface area contributed by atoms with Gasteiger partial charge in [-0.1, -0.05) is 6.07 Å². The molecule has 0 aromatic carbocycles. The highest BCUT2D eigenvalue weighted by Gasteiger charge is 2.01. The summed E-state index contributed by atoms with van der Waals surface area (Å²) in [6, 6.07) is 5.44. The number of hydrogen-bond acceptors (Lipinski definition) is 2. The molecular formula is C7H8ClN3O. The van der Waals surface area contributed by atoms with Crippen molar-refractivity contribution < 1.29 is 0 Å². The van der Waals surface area contributed by atoms with E-state index in [0.717, 1.165) is 5.52 Å². The molecule has 0 radical (unpaired) electrons. The minimum absolute atomic E-state index is 0. The van der Waals surface area contributed by atoms with Crippen molar-refractivity contribution in [1.29, 1.82) is 0 Å². The number of aromatic nitrogens is 2. The van der Waals surface area contributed by atoms with Gasteiger partial charge in [-0.15, -0.1) is 12.4 Å². The zero-order valence-electron chi connectivity index (χ0n) is 6.15. The minimum atomic E-state index is -0.240. The number of halogens is 1. The Morgan fingerprint density at radius 1 is 1.42 bits per heavy atom. The molecule has 2 heterocycles. The monoisotopic (exact) mass is 185 g/mol. The lowest BCUT2D eigenvalue weighted by molar-refractivity contribution is 0.938. The third kappa shape index (κ3) is 1.06. The van der Waals surface area contributed by atoms with Crippen molar-refractivity contribution in [2.45, 2.75) is 0 Å². The standard InChI is InChI=1S/C7H7N3O.ClH/c8-6-5-3-1-2-4-10(5)9-7(6)11;/h1-4H,8H2,(H,9,11);1H. The molecule has 0 saturated heterocycles. The zero-order valence-corrected chi connectivity index (χ0v) is 6.97. The van der Waals surface area contributed by atoms with Crippen LogP contribution in [0.1, 0.15) is 0 Å². The molecule has 0 fully saturated rings. The molecule has 4 nitrogen and oxygen atoms in total. The maximum Gasteiger partial charge on any atom is 0.288 e. The van der Waals surface area contributed by atoms with Crippen LogP contribution >= 0.6 is 12.4 Å². The number of nitrogens with two attached hydrogens (primary N) is 1. The van der Waals surface area contributed by atoms with E-state index in [-0.39, 0.29) is 23.7 Å². The highest BCUT2D eigenvalue weighted by atomic mass is 35.5. The quantitative estimate of drug-likeness (QED) is 0.633. The summed E-state index contributed by atoms with van der Waals surface area (Å²) < 4.78 is 1.59. The van der Waals surface area contributed by atoms with E-state index in [9.17, 15) is 4.79 Å². The van der Waals surface area contributed by atoms with Crippen molar-refractivity contribution in [2.75, 3.05) is 5.73 Å². The van der Waals surface area contributed by atoms with Gasteiger partial charge < -0.3 is 5.73 Å². The molecule has 0 aliphatic carbocycles. The van der Waals surface area contributed by atoms with Crippen molar-refractivity contribution in [3.8, 4) is 0 Å². The van der Waals surface area contributed by atoms with Crippen LogP contribution < -0.4 is 11.3 Å². The van der Waals surface area contributed by atoms with Crippen LogP contribution in [-0.4, -0.2) is 9.61 Å². The SMILES string of the molecule is Cl.Nc1c(=O)[nH]n2ccccc12. The predicted molar refractivity (Wildman–Crippen MR) is 49.7 cm³/mol. The predicted octanol–water partition coefficient (Wildman–Crippen LogP) is 0.632. The van der Waals surface area contributed by atoms with Gasteiger partial charge in [0.1, 0.15) is 5.69 Å². The Morgan fingerprint density at radius 3 is 2.83 bits per heavy atom. The summed E-state index contributed by atoms with van der Waals surface area (Å²) >= 11 is 0. The number of H-pyrrole nitrogens is 1. The first-order valence-electron chi connectivity index (χ1n) is 3.24. The Balaban J connectivity index is 0.000000720. The van der Waals surface area contributed by atoms with Gasteiger partial charge in [0.25, 0.3) is 5.56 Å². The molecule has 0 spiro atoms. The van der Waals surface area contributed by atoms with Gasteiger partial charge in [-0.3, -0.25) is 14.4 Å². The molecule has 3 N–H and O–H groups in total. The van der Waals surface area contributed by atoms with E-state index in [0.29, 0.717) is 0 Å². The van der Waals surface area contributed by atoms with Crippen LogP contribution in [0, 0.1) is 0 Å². The third-order valence-electron chi connectivity index (χ3n) is 1.60. The summed E-state index contributed by atoms with van der Waals surface area (Å²) in [5.41, 5.74) is 6.22. The number of aromatic amines is 1. The molecule has 2 aromatic heterocycles. The second-order valence-electron chi connectivity index (χ2n) is 2.31. The van der Waals surface area contributed by atoms with Crippen LogP contribution in [0.3, 0.4) is 0 Å². The molecule has 12 heavy (non-hydrogen) atoms. The molecule has 0 bridgehead atoms. The smallest absolute Gasteiger partial charge is 0.288 e. The fourth-order valence-electron chi connectivity index (χ4n) is 1.05. The van der Waals surface area contributed by atoms with Crippen LogP contribution in [0.5, 0.6) is 0 Å². The maximum atomic E-state index is 10.9.